The summed E-state index contributed by atoms with van der Waals surface area (Å²) in [6.45, 7) is 1.83. The summed E-state index contributed by atoms with van der Waals surface area (Å²) in [4.78, 5) is 12.3. The van der Waals surface area contributed by atoms with Gasteiger partial charge in [-0.05, 0) is 42.3 Å². The van der Waals surface area contributed by atoms with Gasteiger partial charge in [0.25, 0.3) is 0 Å². The minimum atomic E-state index is -3.37. The third kappa shape index (κ3) is 4.32. The van der Waals surface area contributed by atoms with Gasteiger partial charge >= 0.3 is 5.97 Å². The maximum Gasteiger partial charge on any atom is 0.338 e. The number of carbonyl (C=O) groups is 1. The molecule has 0 radical (unpaired) electrons. The predicted molar refractivity (Wildman–Crippen MR) is 86.4 cm³/mol. The van der Waals surface area contributed by atoms with Gasteiger partial charge in [-0.25, -0.2) is 13.2 Å². The Morgan fingerprint density at radius 2 is 1.74 bits per heavy atom. The van der Waals surface area contributed by atoms with Crippen LogP contribution in [0.4, 0.5) is 0 Å². The van der Waals surface area contributed by atoms with Crippen molar-refractivity contribution in [3.05, 3.63) is 59.2 Å². The van der Waals surface area contributed by atoms with E-state index in [4.69, 9.17) is 9.47 Å². The van der Waals surface area contributed by atoms with Crippen LogP contribution >= 0.6 is 0 Å². The van der Waals surface area contributed by atoms with E-state index in [0.29, 0.717) is 5.56 Å². The Hall–Kier alpha value is -2.34. The Morgan fingerprint density at radius 1 is 1.09 bits per heavy atom. The minimum absolute atomic E-state index is 0.0968. The molecule has 2 aromatic carbocycles. The van der Waals surface area contributed by atoms with Crippen LogP contribution in [-0.2, 0) is 21.2 Å². The van der Waals surface area contributed by atoms with Crippen LogP contribution in [0.2, 0.25) is 0 Å². The molecular formula is C17H18O5S. The number of esters is 1. The highest BCUT2D eigenvalue weighted by Gasteiger charge is 2.15. The van der Waals surface area contributed by atoms with E-state index in [-0.39, 0.29) is 17.1 Å². The van der Waals surface area contributed by atoms with Gasteiger partial charge in [-0.1, -0.05) is 18.2 Å². The predicted octanol–water partition coefficient (Wildman–Crippen LogP) is 2.76. The standard InChI is InChI=1S/C17H18O5S/c1-12-4-9-15(23(3,19)20)10-16(12)17(18)22-11-13-5-7-14(21-2)8-6-13/h4-10H,11H2,1-3H3. The first-order valence-electron chi connectivity index (χ1n) is 6.92. The van der Waals surface area contributed by atoms with Crippen molar-refractivity contribution in [1.29, 1.82) is 0 Å². The number of aryl methyl sites for hydroxylation is 1. The number of hydrogen-bond donors (Lipinski definition) is 0. The summed E-state index contributed by atoms with van der Waals surface area (Å²) in [7, 11) is -1.80. The van der Waals surface area contributed by atoms with Crippen LogP contribution in [0.15, 0.2) is 47.4 Å². The van der Waals surface area contributed by atoms with E-state index >= 15 is 0 Å². The van der Waals surface area contributed by atoms with E-state index < -0.39 is 15.8 Å². The summed E-state index contributed by atoms with van der Waals surface area (Å²) in [5.74, 6) is 0.167. The fraction of sp³-hybridized carbons (Fsp3) is 0.235. The molecule has 0 unspecified atom stereocenters. The largest absolute Gasteiger partial charge is 0.497 e. The van der Waals surface area contributed by atoms with E-state index in [2.05, 4.69) is 0 Å². The zero-order valence-electron chi connectivity index (χ0n) is 13.2. The fourth-order valence-corrected chi connectivity index (χ4v) is 2.65. The van der Waals surface area contributed by atoms with Gasteiger partial charge < -0.3 is 9.47 Å². The summed E-state index contributed by atoms with van der Waals surface area (Å²) in [5.41, 5.74) is 1.73. The second-order valence-electron chi connectivity index (χ2n) is 5.17. The van der Waals surface area contributed by atoms with Gasteiger partial charge in [0.15, 0.2) is 9.84 Å². The molecular weight excluding hydrogens is 316 g/mol. The Balaban J connectivity index is 2.14. The molecule has 2 aromatic rings. The van der Waals surface area contributed by atoms with E-state index in [1.807, 2.05) is 0 Å². The molecule has 2 rings (SSSR count). The Labute approximate surface area is 135 Å². The summed E-state index contributed by atoms with van der Waals surface area (Å²) < 4.78 is 33.5. The summed E-state index contributed by atoms with van der Waals surface area (Å²) in [6.07, 6.45) is 1.10. The number of methoxy groups -OCH3 is 1. The van der Waals surface area contributed by atoms with Crippen molar-refractivity contribution < 1.29 is 22.7 Å². The maximum atomic E-state index is 12.2. The highest BCUT2D eigenvalue weighted by Crippen LogP contribution is 2.18. The third-order valence-electron chi connectivity index (χ3n) is 3.39. The third-order valence-corrected chi connectivity index (χ3v) is 4.50. The molecule has 0 fully saturated rings. The van der Waals surface area contributed by atoms with E-state index in [0.717, 1.165) is 17.6 Å². The lowest BCUT2D eigenvalue weighted by Gasteiger charge is -2.09. The molecule has 0 atom stereocenters. The van der Waals surface area contributed by atoms with Crippen LogP contribution in [-0.4, -0.2) is 27.8 Å². The molecule has 122 valence electrons. The average molecular weight is 334 g/mol. The molecule has 5 nitrogen and oxygen atoms in total. The van der Waals surface area contributed by atoms with E-state index in [1.165, 1.54) is 12.1 Å². The summed E-state index contributed by atoms with van der Waals surface area (Å²) >= 11 is 0. The molecule has 0 spiro atoms. The maximum absolute atomic E-state index is 12.2. The molecule has 0 aromatic heterocycles. The van der Waals surface area contributed by atoms with Gasteiger partial charge in [0.2, 0.25) is 0 Å². The number of ether oxygens (including phenoxy) is 2. The number of sulfone groups is 1. The molecule has 6 heteroatoms. The van der Waals surface area contributed by atoms with Crippen molar-refractivity contribution in [2.24, 2.45) is 0 Å². The van der Waals surface area contributed by atoms with Crippen molar-refractivity contribution in [2.45, 2.75) is 18.4 Å². The second-order valence-corrected chi connectivity index (χ2v) is 7.19. The lowest BCUT2D eigenvalue weighted by molar-refractivity contribution is 0.0471. The smallest absolute Gasteiger partial charge is 0.338 e. The van der Waals surface area contributed by atoms with Crippen LogP contribution in [0, 0.1) is 6.92 Å². The number of rotatable bonds is 5. The Bertz CT molecular complexity index is 807. The first kappa shape index (κ1) is 17.0. The zero-order valence-corrected chi connectivity index (χ0v) is 14.0. The molecule has 0 amide bonds. The van der Waals surface area contributed by atoms with Crippen LogP contribution in [0.25, 0.3) is 0 Å². The minimum Gasteiger partial charge on any atom is -0.497 e. The van der Waals surface area contributed by atoms with Gasteiger partial charge in [0, 0.05) is 6.26 Å². The number of benzene rings is 2. The molecule has 0 aliphatic heterocycles. The fourth-order valence-electron chi connectivity index (χ4n) is 2.00. The van der Waals surface area contributed by atoms with Crippen LogP contribution < -0.4 is 4.74 Å². The van der Waals surface area contributed by atoms with Gasteiger partial charge in [-0.3, -0.25) is 0 Å². The number of carbonyl (C=O) groups excluding carboxylic acids is 1. The van der Waals surface area contributed by atoms with Gasteiger partial charge in [-0.2, -0.15) is 0 Å². The van der Waals surface area contributed by atoms with Crippen molar-refractivity contribution in [2.75, 3.05) is 13.4 Å². The van der Waals surface area contributed by atoms with Crippen LogP contribution in [0.5, 0.6) is 5.75 Å². The molecule has 0 saturated carbocycles. The van der Waals surface area contributed by atoms with Crippen LogP contribution in [0.3, 0.4) is 0 Å². The molecule has 0 bridgehead atoms. The second kappa shape index (κ2) is 6.83. The van der Waals surface area contributed by atoms with Crippen molar-refractivity contribution in [1.82, 2.24) is 0 Å². The lowest BCUT2D eigenvalue weighted by atomic mass is 10.1. The lowest BCUT2D eigenvalue weighted by Crippen LogP contribution is -2.09. The molecule has 0 aliphatic rings. The molecule has 0 saturated heterocycles. The topological polar surface area (TPSA) is 69.7 Å². The molecule has 0 N–H and O–H groups in total. The monoisotopic (exact) mass is 334 g/mol. The average Bonchev–Trinajstić information content (AvgIpc) is 2.52. The first-order chi connectivity index (χ1) is 10.8. The first-order valence-corrected chi connectivity index (χ1v) is 8.81. The Kier molecular flexibility index (Phi) is 5.05. The SMILES string of the molecule is COc1ccc(COC(=O)c2cc(S(C)(=O)=O)ccc2C)cc1. The molecule has 0 heterocycles. The van der Waals surface area contributed by atoms with E-state index in [9.17, 15) is 13.2 Å². The van der Waals surface area contributed by atoms with E-state index in [1.54, 1.807) is 44.4 Å². The van der Waals surface area contributed by atoms with Gasteiger partial charge in [0.05, 0.1) is 17.6 Å². The van der Waals surface area contributed by atoms with Gasteiger partial charge in [-0.15, -0.1) is 0 Å². The molecule has 0 aliphatic carbocycles. The highest BCUT2D eigenvalue weighted by molar-refractivity contribution is 7.90. The quantitative estimate of drug-likeness (QED) is 0.786. The zero-order chi connectivity index (χ0) is 17.0. The van der Waals surface area contributed by atoms with Crippen LogP contribution in [0.1, 0.15) is 21.5 Å². The normalized spacial score (nSPS) is 11.1. The van der Waals surface area contributed by atoms with Crippen molar-refractivity contribution >= 4 is 15.8 Å². The van der Waals surface area contributed by atoms with Crippen molar-refractivity contribution in [3.63, 3.8) is 0 Å². The highest BCUT2D eigenvalue weighted by atomic mass is 32.2. The summed E-state index contributed by atoms with van der Waals surface area (Å²) in [5, 5.41) is 0. The molecule has 23 heavy (non-hydrogen) atoms. The summed E-state index contributed by atoms with van der Waals surface area (Å²) in [6, 6.07) is 11.6. The van der Waals surface area contributed by atoms with Crippen molar-refractivity contribution in [3.8, 4) is 5.75 Å². The Morgan fingerprint density at radius 3 is 2.30 bits per heavy atom. The number of hydrogen-bond acceptors (Lipinski definition) is 5. The van der Waals surface area contributed by atoms with Gasteiger partial charge in [0.1, 0.15) is 12.4 Å².